The molecule has 1 aliphatic heterocycles. The van der Waals surface area contributed by atoms with Crippen LogP contribution in [0, 0.1) is 25.2 Å². The second kappa shape index (κ2) is 7.12. The van der Waals surface area contributed by atoms with E-state index in [0.717, 1.165) is 29.9 Å². The number of aromatic nitrogens is 1. The second-order valence-electron chi connectivity index (χ2n) is 5.50. The van der Waals surface area contributed by atoms with Gasteiger partial charge in [-0.2, -0.15) is 5.26 Å². The van der Waals surface area contributed by atoms with Gasteiger partial charge in [-0.25, -0.2) is 9.78 Å². The third-order valence-electron chi connectivity index (χ3n) is 3.88. The van der Waals surface area contributed by atoms with E-state index in [1.165, 1.54) is 0 Å². The number of nitrogens with one attached hydrogen (secondary N) is 1. The molecular formula is C16H22N4O2. The molecule has 0 bridgehead atoms. The summed E-state index contributed by atoms with van der Waals surface area (Å²) in [6, 6.07) is 4.36. The molecule has 1 saturated heterocycles. The summed E-state index contributed by atoms with van der Waals surface area (Å²) >= 11 is 0. The van der Waals surface area contributed by atoms with Gasteiger partial charge in [0, 0.05) is 19.1 Å². The van der Waals surface area contributed by atoms with Crippen LogP contribution in [-0.2, 0) is 4.74 Å². The van der Waals surface area contributed by atoms with Crippen LogP contribution in [0.15, 0.2) is 6.07 Å². The van der Waals surface area contributed by atoms with Crippen LogP contribution in [0.3, 0.4) is 0 Å². The molecular weight excluding hydrogens is 280 g/mol. The molecule has 2 heterocycles. The number of carbonyl (C=O) groups excluding carboxylic acids is 1. The molecule has 1 amide bonds. The number of anilines is 1. The fraction of sp³-hybridized carbons (Fsp3) is 0.562. The zero-order valence-electron chi connectivity index (χ0n) is 13.3. The zero-order valence-corrected chi connectivity index (χ0v) is 13.3. The van der Waals surface area contributed by atoms with E-state index in [4.69, 9.17) is 10.00 Å². The van der Waals surface area contributed by atoms with Crippen LogP contribution in [-0.4, -0.2) is 41.7 Å². The minimum atomic E-state index is -0.232. The highest BCUT2D eigenvalue weighted by atomic mass is 16.6. The number of carbonyl (C=O) groups is 1. The molecule has 1 fully saturated rings. The highest BCUT2D eigenvalue weighted by Crippen LogP contribution is 2.19. The van der Waals surface area contributed by atoms with Crippen LogP contribution in [0.5, 0.6) is 0 Å². The van der Waals surface area contributed by atoms with Crippen molar-refractivity contribution >= 4 is 11.9 Å². The van der Waals surface area contributed by atoms with Crippen molar-refractivity contribution in [3.05, 3.63) is 22.9 Å². The van der Waals surface area contributed by atoms with Crippen molar-refractivity contribution in [2.45, 2.75) is 39.7 Å². The lowest BCUT2D eigenvalue weighted by atomic mass is 10.0. The Morgan fingerprint density at radius 1 is 1.50 bits per heavy atom. The van der Waals surface area contributed by atoms with Crippen LogP contribution in [0.2, 0.25) is 0 Å². The lowest BCUT2D eigenvalue weighted by Gasteiger charge is -2.32. The summed E-state index contributed by atoms with van der Waals surface area (Å²) in [5, 5.41) is 12.5. The maximum Gasteiger partial charge on any atom is 0.409 e. The molecule has 1 aromatic heterocycles. The van der Waals surface area contributed by atoms with Gasteiger partial charge in [0.2, 0.25) is 0 Å². The number of amides is 1. The lowest BCUT2D eigenvalue weighted by Crippen LogP contribution is -2.42. The first-order valence-electron chi connectivity index (χ1n) is 7.61. The summed E-state index contributed by atoms with van der Waals surface area (Å²) in [5.74, 6) is 0.795. The summed E-state index contributed by atoms with van der Waals surface area (Å²) in [7, 11) is 0. The van der Waals surface area contributed by atoms with Crippen molar-refractivity contribution in [1.82, 2.24) is 9.88 Å². The quantitative estimate of drug-likeness (QED) is 0.928. The van der Waals surface area contributed by atoms with E-state index in [-0.39, 0.29) is 12.1 Å². The highest BCUT2D eigenvalue weighted by molar-refractivity contribution is 5.67. The molecule has 1 N–H and O–H groups in total. The number of nitriles is 1. The van der Waals surface area contributed by atoms with Crippen molar-refractivity contribution in [3.63, 3.8) is 0 Å². The number of hydrogen-bond donors (Lipinski definition) is 1. The third-order valence-corrected chi connectivity index (χ3v) is 3.88. The van der Waals surface area contributed by atoms with Crippen LogP contribution < -0.4 is 5.32 Å². The van der Waals surface area contributed by atoms with Gasteiger partial charge in [-0.1, -0.05) is 0 Å². The molecule has 0 aromatic carbocycles. The number of hydrogen-bond acceptors (Lipinski definition) is 5. The fourth-order valence-corrected chi connectivity index (χ4v) is 2.70. The molecule has 6 heteroatoms. The molecule has 0 saturated carbocycles. The van der Waals surface area contributed by atoms with E-state index in [2.05, 4.69) is 16.4 Å². The van der Waals surface area contributed by atoms with Gasteiger partial charge in [-0.15, -0.1) is 0 Å². The van der Waals surface area contributed by atoms with Crippen LogP contribution >= 0.6 is 0 Å². The molecule has 22 heavy (non-hydrogen) atoms. The Hall–Kier alpha value is -2.29. The normalized spacial score (nSPS) is 15.3. The van der Waals surface area contributed by atoms with Gasteiger partial charge in [-0.05, 0) is 45.2 Å². The predicted octanol–water partition coefficient (Wildman–Crippen LogP) is 2.60. The average molecular weight is 302 g/mol. The van der Waals surface area contributed by atoms with Crippen LogP contribution in [0.1, 0.15) is 36.6 Å². The molecule has 0 unspecified atom stereocenters. The highest BCUT2D eigenvalue weighted by Gasteiger charge is 2.23. The van der Waals surface area contributed by atoms with Crippen molar-refractivity contribution in [2.75, 3.05) is 25.0 Å². The first kappa shape index (κ1) is 16.1. The number of aryl methyl sites for hydroxylation is 2. The number of rotatable bonds is 3. The summed E-state index contributed by atoms with van der Waals surface area (Å²) in [4.78, 5) is 17.8. The van der Waals surface area contributed by atoms with E-state index in [1.807, 2.05) is 26.8 Å². The van der Waals surface area contributed by atoms with Crippen molar-refractivity contribution in [1.29, 1.82) is 5.26 Å². The van der Waals surface area contributed by atoms with Gasteiger partial charge in [0.05, 0.1) is 17.9 Å². The Morgan fingerprint density at radius 3 is 2.73 bits per heavy atom. The number of ether oxygens (including phenoxy) is 1. The Morgan fingerprint density at radius 2 is 2.18 bits per heavy atom. The SMILES string of the molecule is CCOC(=O)N1CCC(Nc2cc(C)c(C#N)c(C)n2)CC1. The maximum atomic E-state index is 11.7. The molecule has 1 aromatic rings. The number of pyridine rings is 1. The fourth-order valence-electron chi connectivity index (χ4n) is 2.70. The molecule has 2 rings (SSSR count). The number of piperidine rings is 1. The van der Waals surface area contributed by atoms with Gasteiger partial charge in [-0.3, -0.25) is 0 Å². The Balaban J connectivity index is 1.94. The standard InChI is InChI=1S/C16H22N4O2/c1-4-22-16(21)20-7-5-13(6-8-20)19-15-9-11(2)14(10-17)12(3)18-15/h9,13H,4-8H2,1-3H3,(H,18,19). The molecule has 0 atom stereocenters. The van der Waals surface area contributed by atoms with Gasteiger partial charge >= 0.3 is 6.09 Å². The molecule has 118 valence electrons. The van der Waals surface area contributed by atoms with E-state index in [0.29, 0.717) is 25.3 Å². The topological polar surface area (TPSA) is 78.2 Å². The first-order valence-corrected chi connectivity index (χ1v) is 7.61. The third kappa shape index (κ3) is 3.67. The van der Waals surface area contributed by atoms with E-state index < -0.39 is 0 Å². The predicted molar refractivity (Wildman–Crippen MR) is 83.7 cm³/mol. The molecule has 0 spiro atoms. The van der Waals surface area contributed by atoms with Crippen molar-refractivity contribution in [2.24, 2.45) is 0 Å². The molecule has 0 radical (unpaired) electrons. The zero-order chi connectivity index (χ0) is 16.1. The van der Waals surface area contributed by atoms with Crippen LogP contribution in [0.25, 0.3) is 0 Å². The molecule has 0 aliphatic carbocycles. The maximum absolute atomic E-state index is 11.7. The summed E-state index contributed by atoms with van der Waals surface area (Å²) in [6.07, 6.45) is 1.49. The van der Waals surface area contributed by atoms with Crippen molar-refractivity contribution < 1.29 is 9.53 Å². The van der Waals surface area contributed by atoms with E-state index in [9.17, 15) is 4.79 Å². The van der Waals surface area contributed by atoms with E-state index in [1.54, 1.807) is 4.90 Å². The Labute approximate surface area is 131 Å². The monoisotopic (exact) mass is 302 g/mol. The average Bonchev–Trinajstić information content (AvgIpc) is 2.48. The molecule has 6 nitrogen and oxygen atoms in total. The first-order chi connectivity index (χ1) is 10.5. The minimum absolute atomic E-state index is 0.232. The summed E-state index contributed by atoms with van der Waals surface area (Å²) in [6.45, 7) is 7.36. The number of nitrogens with zero attached hydrogens (tertiary/aromatic N) is 3. The number of likely N-dealkylation sites (tertiary alicyclic amines) is 1. The molecule has 1 aliphatic rings. The van der Waals surface area contributed by atoms with Gasteiger partial charge in [0.25, 0.3) is 0 Å². The largest absolute Gasteiger partial charge is 0.450 e. The Kier molecular flexibility index (Phi) is 5.21. The van der Waals surface area contributed by atoms with Gasteiger partial charge in [0.1, 0.15) is 11.9 Å². The van der Waals surface area contributed by atoms with Crippen molar-refractivity contribution in [3.8, 4) is 6.07 Å². The van der Waals surface area contributed by atoms with Crippen LogP contribution in [0.4, 0.5) is 10.6 Å². The smallest absolute Gasteiger partial charge is 0.409 e. The summed E-state index contributed by atoms with van der Waals surface area (Å²) in [5.41, 5.74) is 2.32. The second-order valence-corrected chi connectivity index (χ2v) is 5.50. The Bertz CT molecular complexity index is 563. The summed E-state index contributed by atoms with van der Waals surface area (Å²) < 4.78 is 5.02. The lowest BCUT2D eigenvalue weighted by molar-refractivity contribution is 0.0983. The van der Waals surface area contributed by atoms with Gasteiger partial charge < -0.3 is 15.0 Å². The van der Waals surface area contributed by atoms with E-state index >= 15 is 0 Å². The van der Waals surface area contributed by atoms with Gasteiger partial charge in [0.15, 0.2) is 0 Å². The minimum Gasteiger partial charge on any atom is -0.450 e.